The number of aliphatic imine (C=N–C) groups is 1. The lowest BCUT2D eigenvalue weighted by molar-refractivity contribution is -0.130. The standard InChI is InChI=1S/C13H21N5O3S2/c1-10(19)17-5-7-18(8-6-17)13(15-2)16-9-11-3-4-12(22-11)23(14,20)21/h3-4H,5-9H2,1-2H3,(H,15,16)(H2,14,20,21). The monoisotopic (exact) mass is 359 g/mol. The number of piperazine rings is 1. The molecule has 1 aliphatic heterocycles. The van der Waals surface area contributed by atoms with Crippen molar-refractivity contribution in [2.45, 2.75) is 17.7 Å². The number of nitrogens with two attached hydrogens (primary N) is 1. The van der Waals surface area contributed by atoms with Gasteiger partial charge in [0.15, 0.2) is 5.96 Å². The second-order valence-corrected chi connectivity index (χ2v) is 8.12. The fourth-order valence-electron chi connectivity index (χ4n) is 2.34. The largest absolute Gasteiger partial charge is 0.351 e. The van der Waals surface area contributed by atoms with Crippen LogP contribution in [0.1, 0.15) is 11.8 Å². The van der Waals surface area contributed by atoms with Crippen molar-refractivity contribution < 1.29 is 13.2 Å². The van der Waals surface area contributed by atoms with Gasteiger partial charge in [-0.25, -0.2) is 13.6 Å². The second-order valence-electron chi connectivity index (χ2n) is 5.16. The van der Waals surface area contributed by atoms with Crippen LogP contribution in [-0.2, 0) is 21.4 Å². The van der Waals surface area contributed by atoms with Crippen molar-refractivity contribution in [1.82, 2.24) is 15.1 Å². The van der Waals surface area contributed by atoms with E-state index in [1.807, 2.05) is 0 Å². The van der Waals surface area contributed by atoms with Crippen LogP contribution in [0.3, 0.4) is 0 Å². The van der Waals surface area contributed by atoms with Gasteiger partial charge in [0.1, 0.15) is 4.21 Å². The van der Waals surface area contributed by atoms with Crippen molar-refractivity contribution >= 4 is 33.2 Å². The maximum absolute atomic E-state index is 11.3. The summed E-state index contributed by atoms with van der Waals surface area (Å²) in [6, 6.07) is 3.24. The molecule has 1 aromatic rings. The zero-order chi connectivity index (χ0) is 17.0. The molecule has 10 heteroatoms. The topological polar surface area (TPSA) is 108 Å². The summed E-state index contributed by atoms with van der Waals surface area (Å²) >= 11 is 1.14. The molecule has 0 spiro atoms. The first-order valence-electron chi connectivity index (χ1n) is 7.14. The van der Waals surface area contributed by atoms with E-state index in [2.05, 4.69) is 15.2 Å². The number of thiophene rings is 1. The smallest absolute Gasteiger partial charge is 0.247 e. The first-order valence-corrected chi connectivity index (χ1v) is 9.50. The maximum Gasteiger partial charge on any atom is 0.247 e. The van der Waals surface area contributed by atoms with Crippen molar-refractivity contribution in [3.63, 3.8) is 0 Å². The van der Waals surface area contributed by atoms with Gasteiger partial charge >= 0.3 is 0 Å². The number of hydrogen-bond acceptors (Lipinski definition) is 5. The molecular weight excluding hydrogens is 338 g/mol. The van der Waals surface area contributed by atoms with Crippen LogP contribution in [-0.4, -0.2) is 63.3 Å². The number of guanidine groups is 1. The van der Waals surface area contributed by atoms with Gasteiger partial charge in [-0.3, -0.25) is 9.79 Å². The number of sulfonamides is 1. The van der Waals surface area contributed by atoms with Crippen molar-refractivity contribution in [2.24, 2.45) is 10.1 Å². The predicted molar refractivity (Wildman–Crippen MR) is 89.7 cm³/mol. The lowest BCUT2D eigenvalue weighted by atomic mass is 10.3. The minimum absolute atomic E-state index is 0.0849. The highest BCUT2D eigenvalue weighted by atomic mass is 32.2. The van der Waals surface area contributed by atoms with Crippen molar-refractivity contribution in [3.8, 4) is 0 Å². The van der Waals surface area contributed by atoms with Crippen LogP contribution in [0.5, 0.6) is 0 Å². The number of nitrogens with zero attached hydrogens (tertiary/aromatic N) is 3. The molecule has 128 valence electrons. The molecule has 0 saturated carbocycles. The number of hydrogen-bond donors (Lipinski definition) is 2. The van der Waals surface area contributed by atoms with E-state index in [4.69, 9.17) is 5.14 Å². The van der Waals surface area contributed by atoms with E-state index in [0.717, 1.165) is 22.2 Å². The third kappa shape index (κ3) is 4.66. The Kier molecular flexibility index (Phi) is 5.60. The molecule has 1 aliphatic rings. The normalized spacial score (nSPS) is 16.6. The number of rotatable bonds is 3. The quantitative estimate of drug-likeness (QED) is 0.566. The molecule has 0 atom stereocenters. The van der Waals surface area contributed by atoms with Crippen LogP contribution in [0, 0.1) is 0 Å². The average molecular weight is 359 g/mol. The number of carbonyl (C=O) groups excluding carboxylic acids is 1. The SMILES string of the molecule is CN=C(NCc1ccc(S(N)(=O)=O)s1)N1CCN(C(C)=O)CC1. The molecule has 3 N–H and O–H groups in total. The van der Waals surface area contributed by atoms with Gasteiger partial charge < -0.3 is 15.1 Å². The highest BCUT2D eigenvalue weighted by Crippen LogP contribution is 2.20. The van der Waals surface area contributed by atoms with Crippen molar-refractivity contribution in [1.29, 1.82) is 0 Å². The van der Waals surface area contributed by atoms with Gasteiger partial charge in [-0.1, -0.05) is 0 Å². The van der Waals surface area contributed by atoms with E-state index in [0.29, 0.717) is 32.7 Å². The summed E-state index contributed by atoms with van der Waals surface area (Å²) in [5.41, 5.74) is 0. The van der Waals surface area contributed by atoms with Crippen LogP contribution in [0.25, 0.3) is 0 Å². The Morgan fingerprint density at radius 1 is 1.30 bits per heavy atom. The Morgan fingerprint density at radius 3 is 2.39 bits per heavy atom. The Morgan fingerprint density at radius 2 is 1.91 bits per heavy atom. The van der Waals surface area contributed by atoms with Gasteiger partial charge in [0.25, 0.3) is 0 Å². The van der Waals surface area contributed by atoms with Crippen LogP contribution >= 0.6 is 11.3 Å². The summed E-state index contributed by atoms with van der Waals surface area (Å²) in [5, 5.41) is 8.32. The summed E-state index contributed by atoms with van der Waals surface area (Å²) in [5.74, 6) is 0.820. The molecule has 0 radical (unpaired) electrons. The van der Waals surface area contributed by atoms with E-state index < -0.39 is 10.0 Å². The van der Waals surface area contributed by atoms with Crippen LogP contribution in [0.4, 0.5) is 0 Å². The number of amides is 1. The summed E-state index contributed by atoms with van der Waals surface area (Å²) in [6.07, 6.45) is 0. The fourth-order valence-corrected chi connectivity index (χ4v) is 4.06. The summed E-state index contributed by atoms with van der Waals surface area (Å²) < 4.78 is 22.7. The number of carbonyl (C=O) groups is 1. The molecular formula is C13H21N5O3S2. The molecule has 0 unspecified atom stereocenters. The summed E-state index contributed by atoms with van der Waals surface area (Å²) in [6.45, 7) is 4.82. The van der Waals surface area contributed by atoms with E-state index in [-0.39, 0.29) is 10.1 Å². The molecule has 0 bridgehead atoms. The Bertz CT molecular complexity index is 690. The van der Waals surface area contributed by atoms with Crippen molar-refractivity contribution in [3.05, 3.63) is 17.0 Å². The van der Waals surface area contributed by atoms with E-state index >= 15 is 0 Å². The van der Waals surface area contributed by atoms with Crippen LogP contribution in [0.15, 0.2) is 21.3 Å². The highest BCUT2D eigenvalue weighted by Gasteiger charge is 2.21. The lowest BCUT2D eigenvalue weighted by Gasteiger charge is -2.36. The Balaban J connectivity index is 1.91. The fraction of sp³-hybridized carbons (Fsp3) is 0.538. The predicted octanol–water partition coefficient (Wildman–Crippen LogP) is -0.365. The zero-order valence-corrected chi connectivity index (χ0v) is 14.8. The van der Waals surface area contributed by atoms with Crippen LogP contribution in [0.2, 0.25) is 0 Å². The van der Waals surface area contributed by atoms with Gasteiger partial charge in [-0.15, -0.1) is 11.3 Å². The molecule has 2 heterocycles. The molecule has 23 heavy (non-hydrogen) atoms. The minimum atomic E-state index is -3.65. The lowest BCUT2D eigenvalue weighted by Crippen LogP contribution is -2.53. The molecule has 2 rings (SSSR count). The first kappa shape index (κ1) is 17.7. The number of nitrogens with one attached hydrogen (secondary N) is 1. The molecule has 1 amide bonds. The summed E-state index contributed by atoms with van der Waals surface area (Å²) in [7, 11) is -1.95. The van der Waals surface area contributed by atoms with Crippen molar-refractivity contribution in [2.75, 3.05) is 33.2 Å². The second kappa shape index (κ2) is 7.28. The van der Waals surface area contributed by atoms with Crippen LogP contribution < -0.4 is 10.5 Å². The molecule has 8 nitrogen and oxygen atoms in total. The van der Waals surface area contributed by atoms with E-state index in [1.54, 1.807) is 24.9 Å². The van der Waals surface area contributed by atoms with E-state index in [9.17, 15) is 13.2 Å². The maximum atomic E-state index is 11.3. The molecule has 0 aliphatic carbocycles. The molecule has 1 fully saturated rings. The molecule has 1 saturated heterocycles. The third-order valence-electron chi connectivity index (χ3n) is 3.57. The third-order valence-corrected chi connectivity index (χ3v) is 6.10. The van der Waals surface area contributed by atoms with Gasteiger partial charge in [0.05, 0.1) is 6.54 Å². The first-order chi connectivity index (χ1) is 10.8. The minimum Gasteiger partial charge on any atom is -0.351 e. The average Bonchev–Trinajstić information content (AvgIpc) is 2.97. The highest BCUT2D eigenvalue weighted by molar-refractivity contribution is 7.91. The Labute approximate surface area is 140 Å². The van der Waals surface area contributed by atoms with Gasteiger partial charge in [-0.05, 0) is 12.1 Å². The van der Waals surface area contributed by atoms with E-state index in [1.165, 1.54) is 6.07 Å². The zero-order valence-electron chi connectivity index (χ0n) is 13.2. The Hall–Kier alpha value is -1.65. The van der Waals surface area contributed by atoms with Gasteiger partial charge in [0, 0.05) is 45.0 Å². The molecule has 1 aromatic heterocycles. The number of primary sulfonamides is 1. The van der Waals surface area contributed by atoms with Gasteiger partial charge in [-0.2, -0.15) is 0 Å². The summed E-state index contributed by atoms with van der Waals surface area (Å²) in [4.78, 5) is 20.3. The van der Waals surface area contributed by atoms with Gasteiger partial charge in [0.2, 0.25) is 15.9 Å². The molecule has 0 aromatic carbocycles.